The summed E-state index contributed by atoms with van der Waals surface area (Å²) < 4.78 is 37.7. The van der Waals surface area contributed by atoms with Crippen molar-refractivity contribution in [2.24, 2.45) is 0 Å². The predicted octanol–water partition coefficient (Wildman–Crippen LogP) is 3.49. The molecule has 0 radical (unpaired) electrons. The van der Waals surface area contributed by atoms with E-state index < -0.39 is 10.0 Å². The fourth-order valence-corrected chi connectivity index (χ4v) is 5.53. The molecule has 2 aromatic rings. The molecule has 0 spiro atoms. The zero-order valence-corrected chi connectivity index (χ0v) is 18.9. The molecular weight excluding hydrogens is 448 g/mol. The number of carbonyl (C=O) groups excluding carboxylic acids is 1. The van der Waals surface area contributed by atoms with Crippen LogP contribution in [0.2, 0.25) is 5.02 Å². The number of morpholine rings is 1. The minimum atomic E-state index is -3.68. The second-order valence-corrected chi connectivity index (χ2v) is 9.94. The van der Waals surface area contributed by atoms with Gasteiger partial charge in [-0.15, -0.1) is 11.8 Å². The van der Waals surface area contributed by atoms with Crippen LogP contribution >= 0.6 is 23.4 Å². The van der Waals surface area contributed by atoms with Crippen LogP contribution in [0.1, 0.15) is 6.42 Å². The monoisotopic (exact) mass is 470 g/mol. The summed E-state index contributed by atoms with van der Waals surface area (Å²) in [7, 11) is -2.21. The van der Waals surface area contributed by atoms with E-state index in [1.54, 1.807) is 12.1 Å². The number of benzene rings is 2. The highest BCUT2D eigenvalue weighted by Crippen LogP contribution is 2.30. The van der Waals surface area contributed by atoms with E-state index in [4.69, 9.17) is 21.1 Å². The molecule has 1 aliphatic heterocycles. The number of ether oxygens (including phenoxy) is 2. The van der Waals surface area contributed by atoms with Crippen molar-refractivity contribution in [3.63, 3.8) is 0 Å². The molecule has 0 aromatic heterocycles. The maximum atomic E-state index is 12.9. The number of sulfonamides is 1. The Morgan fingerprint density at radius 2 is 1.97 bits per heavy atom. The lowest BCUT2D eigenvalue weighted by atomic mass is 10.3. The van der Waals surface area contributed by atoms with Crippen molar-refractivity contribution in [1.29, 1.82) is 0 Å². The van der Waals surface area contributed by atoms with Crippen LogP contribution in [0.25, 0.3) is 0 Å². The molecule has 1 fully saturated rings. The highest BCUT2D eigenvalue weighted by Gasteiger charge is 2.27. The predicted molar refractivity (Wildman–Crippen MR) is 118 cm³/mol. The highest BCUT2D eigenvalue weighted by atomic mass is 35.5. The second-order valence-electron chi connectivity index (χ2n) is 6.46. The molecule has 3 rings (SSSR count). The molecule has 0 aliphatic carbocycles. The number of rotatable bonds is 8. The number of hydrogen-bond donors (Lipinski definition) is 1. The smallest absolute Gasteiger partial charge is 0.243 e. The molecule has 30 heavy (non-hydrogen) atoms. The maximum absolute atomic E-state index is 12.9. The first-order valence-electron chi connectivity index (χ1n) is 9.35. The molecule has 7 nitrogen and oxygen atoms in total. The summed E-state index contributed by atoms with van der Waals surface area (Å²) in [6.07, 6.45) is 0.236. The summed E-state index contributed by atoms with van der Waals surface area (Å²) in [4.78, 5) is 13.4. The molecule has 0 saturated carbocycles. The van der Waals surface area contributed by atoms with Gasteiger partial charge in [0.05, 0.1) is 35.9 Å². The Morgan fingerprint density at radius 3 is 2.67 bits per heavy atom. The second kappa shape index (κ2) is 10.5. The Hall–Kier alpha value is -1.78. The van der Waals surface area contributed by atoms with Gasteiger partial charge in [-0.1, -0.05) is 23.7 Å². The molecule has 162 valence electrons. The van der Waals surface area contributed by atoms with Crippen molar-refractivity contribution in [2.45, 2.75) is 16.2 Å². The zero-order chi connectivity index (χ0) is 21.6. The Morgan fingerprint density at radius 1 is 1.23 bits per heavy atom. The van der Waals surface area contributed by atoms with Crippen molar-refractivity contribution in [1.82, 2.24) is 4.31 Å². The van der Waals surface area contributed by atoms with Gasteiger partial charge in [0, 0.05) is 30.2 Å². The lowest BCUT2D eigenvalue weighted by Gasteiger charge is -2.26. The summed E-state index contributed by atoms with van der Waals surface area (Å²) >= 11 is 7.61. The van der Waals surface area contributed by atoms with Gasteiger partial charge >= 0.3 is 0 Å². The van der Waals surface area contributed by atoms with Crippen LogP contribution in [0, 0.1) is 0 Å². The largest absolute Gasteiger partial charge is 0.495 e. The summed E-state index contributed by atoms with van der Waals surface area (Å²) in [6, 6.07) is 11.9. The fraction of sp³-hybridized carbons (Fsp3) is 0.350. The summed E-state index contributed by atoms with van der Waals surface area (Å²) in [6.45, 7) is 1.33. The number of anilines is 1. The number of hydrogen-bond acceptors (Lipinski definition) is 6. The lowest BCUT2D eigenvalue weighted by molar-refractivity contribution is -0.115. The number of amides is 1. The van der Waals surface area contributed by atoms with Crippen LogP contribution in [0.5, 0.6) is 5.75 Å². The molecule has 1 amide bonds. The number of carbonyl (C=O) groups is 1. The molecule has 0 atom stereocenters. The standard InChI is InChI=1S/C20H23ClN2O5S2/c1-27-18-7-6-15(30(25,26)23-9-11-28-12-10-23)14-17(18)22-20(24)8-13-29-19-5-3-2-4-16(19)21/h2-7,14H,8-13H2,1H3,(H,22,24). The average molecular weight is 471 g/mol. The quantitative estimate of drug-likeness (QED) is 0.594. The number of methoxy groups -OCH3 is 1. The first-order valence-corrected chi connectivity index (χ1v) is 12.2. The molecule has 1 saturated heterocycles. The lowest BCUT2D eigenvalue weighted by Crippen LogP contribution is -2.40. The summed E-state index contributed by atoms with van der Waals surface area (Å²) in [5.74, 6) is 0.681. The Balaban J connectivity index is 1.67. The third kappa shape index (κ3) is 5.67. The first-order chi connectivity index (χ1) is 14.4. The zero-order valence-electron chi connectivity index (χ0n) is 16.5. The Bertz CT molecular complexity index is 994. The van der Waals surface area contributed by atoms with Crippen molar-refractivity contribution in [3.8, 4) is 5.75 Å². The molecule has 1 heterocycles. The fourth-order valence-electron chi connectivity index (χ4n) is 2.91. The molecular formula is C20H23ClN2O5S2. The van der Waals surface area contributed by atoms with Gasteiger partial charge in [0.15, 0.2) is 0 Å². The van der Waals surface area contributed by atoms with E-state index in [0.717, 1.165) is 4.90 Å². The SMILES string of the molecule is COc1ccc(S(=O)(=O)N2CCOCC2)cc1NC(=O)CCSc1ccccc1Cl. The van der Waals surface area contributed by atoms with Crippen molar-refractivity contribution < 1.29 is 22.7 Å². The van der Waals surface area contributed by atoms with Crippen LogP contribution in [0.3, 0.4) is 0 Å². The van der Waals surface area contributed by atoms with Crippen molar-refractivity contribution in [3.05, 3.63) is 47.5 Å². The van der Waals surface area contributed by atoms with E-state index in [9.17, 15) is 13.2 Å². The van der Waals surface area contributed by atoms with E-state index in [2.05, 4.69) is 5.32 Å². The Kier molecular flexibility index (Phi) is 8.01. The van der Waals surface area contributed by atoms with Crippen molar-refractivity contribution >= 4 is 45.0 Å². The highest BCUT2D eigenvalue weighted by molar-refractivity contribution is 7.99. The van der Waals surface area contributed by atoms with E-state index in [1.807, 2.05) is 18.2 Å². The average Bonchev–Trinajstić information content (AvgIpc) is 2.75. The first kappa shape index (κ1) is 22.9. The van der Waals surface area contributed by atoms with Crippen LogP contribution in [0.15, 0.2) is 52.3 Å². The van der Waals surface area contributed by atoms with Crippen LogP contribution in [0.4, 0.5) is 5.69 Å². The van der Waals surface area contributed by atoms with Gasteiger partial charge in [0.2, 0.25) is 15.9 Å². The van der Waals surface area contributed by atoms with Crippen LogP contribution < -0.4 is 10.1 Å². The van der Waals surface area contributed by atoms with Gasteiger partial charge < -0.3 is 14.8 Å². The van der Waals surface area contributed by atoms with Crippen LogP contribution in [-0.2, 0) is 19.6 Å². The topological polar surface area (TPSA) is 84.9 Å². The van der Waals surface area contributed by atoms with Gasteiger partial charge in [-0.25, -0.2) is 8.42 Å². The normalized spacial score (nSPS) is 15.0. The molecule has 2 aromatic carbocycles. The number of halogens is 1. The van der Waals surface area contributed by atoms with Gasteiger partial charge in [-0.3, -0.25) is 4.79 Å². The van der Waals surface area contributed by atoms with E-state index >= 15 is 0 Å². The number of nitrogens with one attached hydrogen (secondary N) is 1. The summed E-state index contributed by atoms with van der Waals surface area (Å²) in [5, 5.41) is 3.40. The number of nitrogens with zero attached hydrogens (tertiary/aromatic N) is 1. The molecule has 0 unspecified atom stereocenters. The van der Waals surface area contributed by atoms with Gasteiger partial charge in [-0.2, -0.15) is 4.31 Å². The van der Waals surface area contributed by atoms with Gasteiger partial charge in [0.25, 0.3) is 0 Å². The molecule has 10 heteroatoms. The van der Waals surface area contributed by atoms with Crippen LogP contribution in [-0.4, -0.2) is 57.8 Å². The third-order valence-corrected chi connectivity index (χ3v) is 7.89. The Labute approximate surface area is 185 Å². The van der Waals surface area contributed by atoms with E-state index in [1.165, 1.54) is 35.3 Å². The summed E-state index contributed by atoms with van der Waals surface area (Å²) in [5.41, 5.74) is 0.319. The van der Waals surface area contributed by atoms with Crippen molar-refractivity contribution in [2.75, 3.05) is 44.5 Å². The minimum absolute atomic E-state index is 0.103. The third-order valence-electron chi connectivity index (χ3n) is 4.48. The molecule has 0 bridgehead atoms. The number of thioether (sulfide) groups is 1. The van der Waals surface area contributed by atoms with Gasteiger partial charge in [-0.05, 0) is 30.3 Å². The van der Waals surface area contributed by atoms with E-state index in [0.29, 0.717) is 48.5 Å². The van der Waals surface area contributed by atoms with E-state index in [-0.39, 0.29) is 17.2 Å². The molecule has 1 aliphatic rings. The maximum Gasteiger partial charge on any atom is 0.243 e. The van der Waals surface area contributed by atoms with Gasteiger partial charge in [0.1, 0.15) is 5.75 Å². The minimum Gasteiger partial charge on any atom is -0.495 e. The molecule has 1 N–H and O–H groups in total.